The first-order valence-electron chi connectivity index (χ1n) is 8.64. The van der Waals surface area contributed by atoms with Crippen molar-refractivity contribution in [3.63, 3.8) is 0 Å². The Kier molecular flexibility index (Phi) is 6.78. The molecule has 0 amide bonds. The fourth-order valence-electron chi connectivity index (χ4n) is 2.51. The largest absolute Gasteiger partial charge is 0.489 e. The predicted octanol–water partition coefficient (Wildman–Crippen LogP) is 3.65. The molecule has 0 heterocycles. The molecule has 0 aromatic heterocycles. The molecule has 0 unspecified atom stereocenters. The van der Waals surface area contributed by atoms with Crippen LogP contribution in [0.2, 0.25) is 0 Å². The Balaban J connectivity index is 2.28. The summed E-state index contributed by atoms with van der Waals surface area (Å²) in [5.74, 6) is -0.719. The third-order valence-corrected chi connectivity index (χ3v) is 4.03. The number of rotatable bonds is 8. The van der Waals surface area contributed by atoms with E-state index in [1.807, 2.05) is 30.3 Å². The zero-order valence-electron chi connectivity index (χ0n) is 15.4. The lowest BCUT2D eigenvalue weighted by Crippen LogP contribution is -2.43. The Hall–Kier alpha value is -2.82. The highest BCUT2D eigenvalue weighted by molar-refractivity contribution is 6.06. The molecular formula is C21H24O5. The van der Waals surface area contributed by atoms with Crippen LogP contribution >= 0.6 is 0 Å². The van der Waals surface area contributed by atoms with Gasteiger partial charge < -0.3 is 14.2 Å². The van der Waals surface area contributed by atoms with E-state index in [-0.39, 0.29) is 13.2 Å². The minimum Gasteiger partial charge on any atom is -0.489 e. The second kappa shape index (κ2) is 9.04. The van der Waals surface area contributed by atoms with Gasteiger partial charge in [-0.15, -0.1) is 0 Å². The van der Waals surface area contributed by atoms with Gasteiger partial charge in [0.25, 0.3) is 0 Å². The van der Waals surface area contributed by atoms with Crippen LogP contribution < -0.4 is 4.74 Å². The molecule has 0 bridgehead atoms. The Bertz CT molecular complexity index is 721. The maximum atomic E-state index is 12.5. The lowest BCUT2D eigenvalue weighted by molar-refractivity contribution is -0.163. The van der Waals surface area contributed by atoms with Crippen LogP contribution in [-0.2, 0) is 31.1 Å². The van der Waals surface area contributed by atoms with E-state index in [9.17, 15) is 9.59 Å². The highest BCUT2D eigenvalue weighted by Crippen LogP contribution is 2.30. The SMILES string of the molecule is CCOC(=O)C(C)(C(=O)OCC)c1cccc(OCc2ccccc2)c1. The number of carbonyl (C=O) groups is 2. The first-order valence-corrected chi connectivity index (χ1v) is 8.64. The fourth-order valence-corrected chi connectivity index (χ4v) is 2.51. The van der Waals surface area contributed by atoms with Crippen LogP contribution in [0, 0.1) is 0 Å². The molecule has 2 aromatic rings. The lowest BCUT2D eigenvalue weighted by Gasteiger charge is -2.25. The topological polar surface area (TPSA) is 61.8 Å². The molecule has 0 N–H and O–H groups in total. The second-order valence-electron chi connectivity index (χ2n) is 5.87. The molecule has 0 spiro atoms. The fraction of sp³-hybridized carbons (Fsp3) is 0.333. The summed E-state index contributed by atoms with van der Waals surface area (Å²) >= 11 is 0. The molecule has 2 rings (SSSR count). The van der Waals surface area contributed by atoms with E-state index in [2.05, 4.69) is 0 Å². The monoisotopic (exact) mass is 356 g/mol. The van der Waals surface area contributed by atoms with Gasteiger partial charge in [-0.05, 0) is 44.0 Å². The van der Waals surface area contributed by atoms with Crippen molar-refractivity contribution < 1.29 is 23.8 Å². The Morgan fingerprint density at radius 1 is 0.885 bits per heavy atom. The zero-order valence-corrected chi connectivity index (χ0v) is 15.4. The van der Waals surface area contributed by atoms with Gasteiger partial charge in [0.1, 0.15) is 12.4 Å². The molecule has 2 aromatic carbocycles. The standard InChI is InChI=1S/C21H24O5/c1-4-24-19(22)21(3,20(23)25-5-2)17-12-9-13-18(14-17)26-15-16-10-7-6-8-11-16/h6-14H,4-5,15H2,1-3H3. The zero-order chi connectivity index (χ0) is 19.0. The summed E-state index contributed by atoms with van der Waals surface area (Å²) in [5, 5.41) is 0. The van der Waals surface area contributed by atoms with E-state index in [0.29, 0.717) is 17.9 Å². The maximum Gasteiger partial charge on any atom is 0.327 e. The van der Waals surface area contributed by atoms with Crippen molar-refractivity contribution in [2.24, 2.45) is 0 Å². The van der Waals surface area contributed by atoms with Gasteiger partial charge in [0, 0.05) is 0 Å². The van der Waals surface area contributed by atoms with Gasteiger partial charge in [-0.3, -0.25) is 9.59 Å². The number of esters is 2. The molecule has 0 aliphatic rings. The van der Waals surface area contributed by atoms with Crippen LogP contribution in [0.15, 0.2) is 54.6 Å². The molecular weight excluding hydrogens is 332 g/mol. The van der Waals surface area contributed by atoms with Crippen molar-refractivity contribution in [3.05, 3.63) is 65.7 Å². The third-order valence-electron chi connectivity index (χ3n) is 4.03. The van der Waals surface area contributed by atoms with Crippen LogP contribution in [0.5, 0.6) is 5.75 Å². The van der Waals surface area contributed by atoms with Crippen LogP contribution in [0.3, 0.4) is 0 Å². The van der Waals surface area contributed by atoms with E-state index in [1.165, 1.54) is 6.92 Å². The minimum atomic E-state index is -1.54. The summed E-state index contributed by atoms with van der Waals surface area (Å²) in [6.45, 7) is 5.65. The summed E-state index contributed by atoms with van der Waals surface area (Å²) in [5.41, 5.74) is -0.0468. The number of carbonyl (C=O) groups excluding carboxylic acids is 2. The average molecular weight is 356 g/mol. The molecule has 0 atom stereocenters. The second-order valence-corrected chi connectivity index (χ2v) is 5.87. The van der Waals surface area contributed by atoms with Gasteiger partial charge in [0.15, 0.2) is 5.41 Å². The maximum absolute atomic E-state index is 12.5. The van der Waals surface area contributed by atoms with Gasteiger partial charge in [-0.25, -0.2) is 0 Å². The first kappa shape index (κ1) is 19.5. The summed E-state index contributed by atoms with van der Waals surface area (Å²) in [4.78, 5) is 25.0. The Morgan fingerprint density at radius 2 is 1.50 bits per heavy atom. The molecule has 0 aliphatic heterocycles. The number of hydrogen-bond acceptors (Lipinski definition) is 5. The van der Waals surface area contributed by atoms with Gasteiger partial charge in [-0.1, -0.05) is 42.5 Å². The van der Waals surface area contributed by atoms with Gasteiger partial charge >= 0.3 is 11.9 Å². The number of hydrogen-bond donors (Lipinski definition) is 0. The minimum absolute atomic E-state index is 0.179. The molecule has 26 heavy (non-hydrogen) atoms. The average Bonchev–Trinajstić information content (AvgIpc) is 2.67. The summed E-state index contributed by atoms with van der Waals surface area (Å²) in [6, 6.07) is 16.6. The lowest BCUT2D eigenvalue weighted by atomic mass is 9.82. The number of ether oxygens (including phenoxy) is 3. The molecule has 0 saturated heterocycles. The highest BCUT2D eigenvalue weighted by Gasteiger charge is 2.46. The van der Waals surface area contributed by atoms with Crippen molar-refractivity contribution in [3.8, 4) is 5.75 Å². The Morgan fingerprint density at radius 3 is 2.08 bits per heavy atom. The predicted molar refractivity (Wildman–Crippen MR) is 97.8 cm³/mol. The molecule has 0 fully saturated rings. The van der Waals surface area contributed by atoms with Crippen LogP contribution in [-0.4, -0.2) is 25.2 Å². The van der Waals surface area contributed by atoms with Crippen molar-refractivity contribution >= 4 is 11.9 Å². The van der Waals surface area contributed by atoms with Crippen molar-refractivity contribution in [1.82, 2.24) is 0 Å². The van der Waals surface area contributed by atoms with Gasteiger partial charge in [-0.2, -0.15) is 0 Å². The molecule has 5 heteroatoms. The van der Waals surface area contributed by atoms with E-state index >= 15 is 0 Å². The van der Waals surface area contributed by atoms with Crippen LogP contribution in [0.4, 0.5) is 0 Å². The van der Waals surface area contributed by atoms with Crippen LogP contribution in [0.25, 0.3) is 0 Å². The molecule has 0 radical (unpaired) electrons. The van der Waals surface area contributed by atoms with E-state index < -0.39 is 17.4 Å². The van der Waals surface area contributed by atoms with Crippen LogP contribution in [0.1, 0.15) is 31.9 Å². The van der Waals surface area contributed by atoms with Gasteiger partial charge in [0.05, 0.1) is 13.2 Å². The van der Waals surface area contributed by atoms with E-state index in [4.69, 9.17) is 14.2 Å². The first-order chi connectivity index (χ1) is 12.5. The molecule has 5 nitrogen and oxygen atoms in total. The Labute approximate surface area is 153 Å². The summed E-state index contributed by atoms with van der Waals surface area (Å²) < 4.78 is 16.0. The summed E-state index contributed by atoms with van der Waals surface area (Å²) in [7, 11) is 0. The third kappa shape index (κ3) is 4.42. The normalized spacial score (nSPS) is 10.9. The van der Waals surface area contributed by atoms with E-state index in [1.54, 1.807) is 38.1 Å². The van der Waals surface area contributed by atoms with Crippen molar-refractivity contribution in [2.75, 3.05) is 13.2 Å². The molecule has 0 aliphatic carbocycles. The summed E-state index contributed by atoms with van der Waals surface area (Å²) in [6.07, 6.45) is 0. The highest BCUT2D eigenvalue weighted by atomic mass is 16.6. The molecule has 138 valence electrons. The quantitative estimate of drug-likeness (QED) is 0.534. The number of benzene rings is 2. The molecule has 0 saturated carbocycles. The van der Waals surface area contributed by atoms with Gasteiger partial charge in [0.2, 0.25) is 0 Å². The smallest absolute Gasteiger partial charge is 0.327 e. The van der Waals surface area contributed by atoms with Crippen molar-refractivity contribution in [1.29, 1.82) is 0 Å². The van der Waals surface area contributed by atoms with E-state index in [0.717, 1.165) is 5.56 Å². The van der Waals surface area contributed by atoms with Crippen molar-refractivity contribution in [2.45, 2.75) is 32.8 Å².